The van der Waals surface area contributed by atoms with E-state index >= 15 is 0 Å². The van der Waals surface area contributed by atoms with Crippen molar-refractivity contribution in [1.82, 2.24) is 20.5 Å². The predicted octanol–water partition coefficient (Wildman–Crippen LogP) is 2.15. The maximum Gasteiger partial charge on any atom is 0.271 e. The number of hydrogen-bond donors (Lipinski definition) is 3. The second-order valence-electron chi connectivity index (χ2n) is 8.59. The van der Waals surface area contributed by atoms with Crippen LogP contribution in [0.1, 0.15) is 36.7 Å². The Hall–Kier alpha value is -2.68. The number of nitrogens with one attached hydrogen (secondary N) is 3. The largest absolute Gasteiger partial charge is 0.496 e. The molecule has 2 aliphatic rings. The van der Waals surface area contributed by atoms with E-state index in [-0.39, 0.29) is 34.9 Å². The molecular weight excluding hydrogens is 428 g/mol. The van der Waals surface area contributed by atoms with Gasteiger partial charge in [0.2, 0.25) is 11.8 Å². The number of nitrogens with zero attached hydrogens (tertiary/aromatic N) is 1. The molecule has 0 bridgehead atoms. The number of carbonyl (C=O) groups excluding carboxylic acids is 3. The van der Waals surface area contributed by atoms with Crippen LogP contribution in [-0.4, -0.2) is 71.4 Å². The number of thioether (sulfide) groups is 1. The van der Waals surface area contributed by atoms with Crippen LogP contribution in [0.5, 0.6) is 5.75 Å². The minimum atomic E-state index is -0.534. The summed E-state index contributed by atoms with van der Waals surface area (Å²) in [7, 11) is 1.60. The highest BCUT2D eigenvalue weighted by Crippen LogP contribution is 2.31. The molecule has 3 heterocycles. The second kappa shape index (κ2) is 9.44. The minimum absolute atomic E-state index is 0.0560. The van der Waals surface area contributed by atoms with Crippen LogP contribution in [0.2, 0.25) is 0 Å². The van der Waals surface area contributed by atoms with E-state index in [0.717, 1.165) is 17.3 Å². The summed E-state index contributed by atoms with van der Waals surface area (Å²) in [6.45, 7) is 3.13. The fourth-order valence-corrected chi connectivity index (χ4v) is 5.40. The summed E-state index contributed by atoms with van der Waals surface area (Å²) in [5.74, 6) is 0.338. The molecule has 8 nitrogen and oxygen atoms in total. The van der Waals surface area contributed by atoms with Gasteiger partial charge in [0.25, 0.3) is 5.91 Å². The van der Waals surface area contributed by atoms with Gasteiger partial charge in [0.1, 0.15) is 17.5 Å². The van der Waals surface area contributed by atoms with Crippen LogP contribution >= 0.6 is 11.8 Å². The van der Waals surface area contributed by atoms with Gasteiger partial charge < -0.3 is 25.3 Å². The Morgan fingerprint density at radius 1 is 1.38 bits per heavy atom. The summed E-state index contributed by atoms with van der Waals surface area (Å²) in [5.41, 5.74) is 1.26. The number of likely N-dealkylation sites (tertiary alicyclic amines) is 1. The minimum Gasteiger partial charge on any atom is -0.496 e. The third-order valence-electron chi connectivity index (χ3n) is 6.42. The third-order valence-corrected chi connectivity index (χ3v) is 7.43. The van der Waals surface area contributed by atoms with Crippen LogP contribution in [0.25, 0.3) is 10.9 Å². The highest BCUT2D eigenvalue weighted by Gasteiger charge is 2.40. The van der Waals surface area contributed by atoms with Crippen LogP contribution in [0.3, 0.4) is 0 Å². The van der Waals surface area contributed by atoms with Crippen molar-refractivity contribution in [1.29, 1.82) is 0 Å². The van der Waals surface area contributed by atoms with Crippen molar-refractivity contribution in [2.45, 2.75) is 43.5 Å². The molecule has 1 aromatic heterocycles. The number of aromatic nitrogens is 1. The summed E-state index contributed by atoms with van der Waals surface area (Å²) in [6.07, 6.45) is 4.01. The van der Waals surface area contributed by atoms with Gasteiger partial charge in [0, 0.05) is 41.2 Å². The number of benzene rings is 1. The van der Waals surface area contributed by atoms with Crippen molar-refractivity contribution < 1.29 is 19.1 Å². The van der Waals surface area contributed by atoms with Crippen molar-refractivity contribution in [3.8, 4) is 5.75 Å². The van der Waals surface area contributed by atoms with E-state index in [1.165, 1.54) is 0 Å². The molecule has 0 spiro atoms. The summed E-state index contributed by atoms with van der Waals surface area (Å²) >= 11 is 1.67. The first-order valence-corrected chi connectivity index (χ1v) is 12.3. The number of carbonyl (C=O) groups is 3. The lowest BCUT2D eigenvalue weighted by atomic mass is 9.99. The Morgan fingerprint density at radius 3 is 2.88 bits per heavy atom. The molecule has 2 aliphatic heterocycles. The summed E-state index contributed by atoms with van der Waals surface area (Å²) < 4.78 is 5.40. The number of H-pyrrole nitrogens is 1. The average Bonchev–Trinajstić information content (AvgIpc) is 3.51. The Kier molecular flexibility index (Phi) is 6.64. The Balaban J connectivity index is 1.49. The first kappa shape index (κ1) is 22.5. The molecule has 32 heavy (non-hydrogen) atoms. The van der Waals surface area contributed by atoms with E-state index in [9.17, 15) is 14.4 Å². The fraction of sp³-hybridized carbons (Fsp3) is 0.522. The molecule has 9 heteroatoms. The van der Waals surface area contributed by atoms with Gasteiger partial charge in [-0.05, 0) is 50.6 Å². The van der Waals surface area contributed by atoms with Gasteiger partial charge in [-0.15, -0.1) is 0 Å². The van der Waals surface area contributed by atoms with E-state index in [4.69, 9.17) is 4.74 Å². The molecule has 2 saturated heterocycles. The van der Waals surface area contributed by atoms with Gasteiger partial charge in [0.15, 0.2) is 0 Å². The van der Waals surface area contributed by atoms with Crippen molar-refractivity contribution in [3.63, 3.8) is 0 Å². The van der Waals surface area contributed by atoms with Gasteiger partial charge in [-0.25, -0.2) is 0 Å². The number of aromatic amines is 1. The molecule has 4 rings (SSSR count). The third kappa shape index (κ3) is 4.44. The zero-order valence-electron chi connectivity index (χ0n) is 18.6. The Bertz CT molecular complexity index is 1020. The van der Waals surface area contributed by atoms with Gasteiger partial charge >= 0.3 is 0 Å². The van der Waals surface area contributed by atoms with E-state index in [1.54, 1.807) is 29.8 Å². The standard InChI is InChI=1S/C23H30N4O4S/c1-13(9-14-7-8-24-21(14)28)25-22(29)19-10-15(32-3)12-27(19)23(30)18-11-16-17(26-18)5-4-6-20(16)31-2/h4-6,11,13-15,19,26H,7-10,12H2,1-3H3,(H,24,28)(H,25,29). The highest BCUT2D eigenvalue weighted by atomic mass is 32.2. The van der Waals surface area contributed by atoms with Gasteiger partial charge in [-0.1, -0.05) is 6.07 Å². The van der Waals surface area contributed by atoms with Crippen LogP contribution < -0.4 is 15.4 Å². The molecule has 4 unspecified atom stereocenters. The normalized spacial score (nSPS) is 23.9. The number of ether oxygens (including phenoxy) is 1. The van der Waals surface area contributed by atoms with Crippen molar-refractivity contribution in [2.75, 3.05) is 26.5 Å². The molecule has 2 fully saturated rings. The Labute approximate surface area is 191 Å². The lowest BCUT2D eigenvalue weighted by molar-refractivity contribution is -0.126. The highest BCUT2D eigenvalue weighted by molar-refractivity contribution is 7.99. The smallest absolute Gasteiger partial charge is 0.271 e. The van der Waals surface area contributed by atoms with Crippen molar-refractivity contribution >= 4 is 40.4 Å². The second-order valence-corrected chi connectivity index (χ2v) is 9.73. The molecule has 3 N–H and O–H groups in total. The van der Waals surface area contributed by atoms with E-state index in [0.29, 0.717) is 37.4 Å². The van der Waals surface area contributed by atoms with Crippen LogP contribution in [0.15, 0.2) is 24.3 Å². The van der Waals surface area contributed by atoms with Gasteiger partial charge in [-0.2, -0.15) is 11.8 Å². The van der Waals surface area contributed by atoms with Crippen LogP contribution in [0, 0.1) is 5.92 Å². The number of methoxy groups -OCH3 is 1. The molecule has 0 aliphatic carbocycles. The van der Waals surface area contributed by atoms with Crippen molar-refractivity contribution in [3.05, 3.63) is 30.0 Å². The molecule has 0 saturated carbocycles. The molecule has 172 valence electrons. The quantitative estimate of drug-likeness (QED) is 0.590. The van der Waals surface area contributed by atoms with Gasteiger partial charge in [0.05, 0.1) is 7.11 Å². The number of amides is 3. The monoisotopic (exact) mass is 458 g/mol. The van der Waals surface area contributed by atoms with E-state index in [1.807, 2.05) is 31.4 Å². The summed E-state index contributed by atoms with van der Waals surface area (Å²) in [5, 5.41) is 6.91. The first-order chi connectivity index (χ1) is 15.4. The summed E-state index contributed by atoms with van der Waals surface area (Å²) in [4.78, 5) is 43.3. The SMILES string of the molecule is COc1cccc2[nH]c(C(=O)N3CC(SC)CC3C(=O)NC(C)CC3CCNC3=O)cc12. The van der Waals surface area contributed by atoms with Gasteiger partial charge in [-0.3, -0.25) is 14.4 Å². The molecule has 0 radical (unpaired) electrons. The maximum absolute atomic E-state index is 13.4. The topological polar surface area (TPSA) is 104 Å². The molecule has 1 aromatic carbocycles. The van der Waals surface area contributed by atoms with Crippen LogP contribution in [-0.2, 0) is 9.59 Å². The van der Waals surface area contributed by atoms with E-state index < -0.39 is 6.04 Å². The molecule has 3 amide bonds. The molecule has 4 atom stereocenters. The molecular formula is C23H30N4O4S. The number of fused-ring (bicyclic) bond motifs is 1. The molecule has 2 aromatic rings. The zero-order chi connectivity index (χ0) is 22.8. The number of hydrogen-bond acceptors (Lipinski definition) is 5. The fourth-order valence-electron chi connectivity index (χ4n) is 4.71. The van der Waals surface area contributed by atoms with E-state index in [2.05, 4.69) is 15.6 Å². The Morgan fingerprint density at radius 2 is 2.19 bits per heavy atom. The lowest BCUT2D eigenvalue weighted by Crippen LogP contribution is -2.48. The van der Waals surface area contributed by atoms with Crippen molar-refractivity contribution in [2.24, 2.45) is 5.92 Å². The maximum atomic E-state index is 13.4. The van der Waals surface area contributed by atoms with Crippen LogP contribution in [0.4, 0.5) is 0 Å². The lowest BCUT2D eigenvalue weighted by Gasteiger charge is -2.25. The average molecular weight is 459 g/mol. The first-order valence-electron chi connectivity index (χ1n) is 11.0. The zero-order valence-corrected chi connectivity index (χ0v) is 19.5. The summed E-state index contributed by atoms with van der Waals surface area (Å²) in [6, 6.07) is 6.74. The number of rotatable bonds is 7. The predicted molar refractivity (Wildman–Crippen MR) is 125 cm³/mol.